The molecule has 148 valence electrons. The normalized spacial score (nSPS) is 10.7. The summed E-state index contributed by atoms with van der Waals surface area (Å²) in [6.45, 7) is 0. The summed E-state index contributed by atoms with van der Waals surface area (Å²) in [5.74, 6) is 0. The highest BCUT2D eigenvalue weighted by atomic mass is 79.9. The quantitative estimate of drug-likeness (QED) is 0.261. The molecule has 5 rings (SSSR count). The van der Waals surface area contributed by atoms with E-state index in [0.717, 1.165) is 32.6 Å². The van der Waals surface area contributed by atoms with E-state index in [2.05, 4.69) is 113 Å². The molecule has 1 aromatic heterocycles. The average Bonchev–Trinajstić information content (AvgIpc) is 2.85. The highest BCUT2D eigenvalue weighted by molar-refractivity contribution is 9.10. The second kappa shape index (κ2) is 8.71. The lowest BCUT2D eigenvalue weighted by atomic mass is 9.97. The van der Waals surface area contributed by atoms with Crippen molar-refractivity contribution < 1.29 is 0 Å². The number of aromatic nitrogens is 1. The molecular formula is C29H20BrN. The van der Waals surface area contributed by atoms with E-state index in [-0.39, 0.29) is 0 Å². The van der Waals surface area contributed by atoms with E-state index in [4.69, 9.17) is 4.98 Å². The van der Waals surface area contributed by atoms with Crippen molar-refractivity contribution >= 4 is 15.9 Å². The van der Waals surface area contributed by atoms with Gasteiger partial charge < -0.3 is 0 Å². The van der Waals surface area contributed by atoms with Crippen LogP contribution in [-0.2, 0) is 0 Å². The molecule has 0 aliphatic carbocycles. The second-order valence-electron chi connectivity index (χ2n) is 7.45. The summed E-state index contributed by atoms with van der Waals surface area (Å²) in [6, 6.07) is 42.2. The monoisotopic (exact) mass is 461 g/mol. The summed E-state index contributed by atoms with van der Waals surface area (Å²) < 4.78 is 1.05. The minimum Gasteiger partial charge on any atom is -0.248 e. The summed E-state index contributed by atoms with van der Waals surface area (Å²) in [7, 11) is 0. The van der Waals surface area contributed by atoms with Crippen LogP contribution in [0.5, 0.6) is 0 Å². The van der Waals surface area contributed by atoms with Crippen LogP contribution in [0.4, 0.5) is 0 Å². The summed E-state index contributed by atoms with van der Waals surface area (Å²) in [5.41, 5.74) is 8.91. The van der Waals surface area contributed by atoms with Gasteiger partial charge in [-0.15, -0.1) is 0 Å². The Morgan fingerprint density at radius 1 is 0.387 bits per heavy atom. The fourth-order valence-corrected chi connectivity index (χ4v) is 4.13. The first-order valence-electron chi connectivity index (χ1n) is 10.3. The van der Waals surface area contributed by atoms with Gasteiger partial charge in [0.2, 0.25) is 0 Å². The zero-order valence-electron chi connectivity index (χ0n) is 16.9. The SMILES string of the molecule is Brc1cccc(-c2cc(-c3ccc(-c4ccccc4)cc3)cc(-c3ccccc3)n2)c1. The molecular weight excluding hydrogens is 442 g/mol. The Hall–Kier alpha value is -3.49. The zero-order valence-corrected chi connectivity index (χ0v) is 18.5. The van der Waals surface area contributed by atoms with Crippen molar-refractivity contribution in [3.63, 3.8) is 0 Å². The molecule has 0 spiro atoms. The zero-order chi connectivity index (χ0) is 21.0. The molecule has 5 aromatic rings. The first kappa shape index (κ1) is 19.5. The third kappa shape index (κ3) is 4.35. The standard InChI is InChI=1S/C29H20BrN/c30-27-13-7-12-25(18-27)29-20-26(19-28(31-29)24-10-5-2-6-11-24)23-16-14-22(15-17-23)21-8-3-1-4-9-21/h1-20H. The number of rotatable bonds is 4. The van der Waals surface area contributed by atoms with Gasteiger partial charge in [-0.2, -0.15) is 0 Å². The van der Waals surface area contributed by atoms with Gasteiger partial charge in [-0.25, -0.2) is 4.98 Å². The number of benzene rings is 4. The molecule has 0 N–H and O–H groups in total. The van der Waals surface area contributed by atoms with Gasteiger partial charge in [0.15, 0.2) is 0 Å². The molecule has 0 radical (unpaired) electrons. The van der Waals surface area contributed by atoms with Gasteiger partial charge in [-0.3, -0.25) is 0 Å². The Morgan fingerprint density at radius 2 is 0.871 bits per heavy atom. The minimum atomic E-state index is 0.963. The minimum absolute atomic E-state index is 0.963. The molecule has 1 heterocycles. The summed E-state index contributed by atoms with van der Waals surface area (Å²) in [6.07, 6.45) is 0. The molecule has 0 amide bonds. The van der Waals surface area contributed by atoms with Gasteiger partial charge >= 0.3 is 0 Å². The molecule has 0 bridgehead atoms. The molecule has 0 aliphatic heterocycles. The largest absolute Gasteiger partial charge is 0.248 e. The third-order valence-electron chi connectivity index (χ3n) is 5.34. The lowest BCUT2D eigenvalue weighted by molar-refractivity contribution is 1.32. The van der Waals surface area contributed by atoms with Crippen molar-refractivity contribution in [3.8, 4) is 44.8 Å². The maximum Gasteiger partial charge on any atom is 0.0716 e. The predicted octanol–water partition coefficient (Wildman–Crippen LogP) is 8.51. The van der Waals surface area contributed by atoms with E-state index in [0.29, 0.717) is 0 Å². The van der Waals surface area contributed by atoms with Crippen molar-refractivity contribution in [1.82, 2.24) is 4.98 Å². The van der Waals surface area contributed by atoms with Crippen molar-refractivity contribution in [2.24, 2.45) is 0 Å². The van der Waals surface area contributed by atoms with E-state index in [1.807, 2.05) is 24.3 Å². The van der Waals surface area contributed by atoms with Gasteiger partial charge in [0.1, 0.15) is 0 Å². The molecule has 0 aliphatic rings. The molecule has 0 unspecified atom stereocenters. The summed E-state index contributed by atoms with van der Waals surface area (Å²) >= 11 is 3.59. The fraction of sp³-hybridized carbons (Fsp3) is 0. The summed E-state index contributed by atoms with van der Waals surface area (Å²) in [5, 5.41) is 0. The van der Waals surface area contributed by atoms with Gasteiger partial charge in [0, 0.05) is 15.6 Å². The van der Waals surface area contributed by atoms with E-state index in [9.17, 15) is 0 Å². The van der Waals surface area contributed by atoms with Crippen molar-refractivity contribution in [3.05, 3.63) is 126 Å². The first-order valence-corrected chi connectivity index (χ1v) is 11.0. The first-order chi connectivity index (χ1) is 15.3. The number of pyridine rings is 1. The lowest BCUT2D eigenvalue weighted by Gasteiger charge is -2.11. The number of nitrogens with zero attached hydrogens (tertiary/aromatic N) is 1. The second-order valence-corrected chi connectivity index (χ2v) is 8.36. The highest BCUT2D eigenvalue weighted by Gasteiger charge is 2.09. The summed E-state index contributed by atoms with van der Waals surface area (Å²) in [4.78, 5) is 4.98. The number of hydrogen-bond donors (Lipinski definition) is 0. The molecule has 0 saturated carbocycles. The van der Waals surface area contributed by atoms with E-state index in [1.54, 1.807) is 0 Å². The van der Waals surface area contributed by atoms with Gasteiger partial charge in [-0.05, 0) is 46.5 Å². The molecule has 4 aromatic carbocycles. The van der Waals surface area contributed by atoms with Crippen LogP contribution in [-0.4, -0.2) is 4.98 Å². The van der Waals surface area contributed by atoms with Crippen LogP contribution < -0.4 is 0 Å². The van der Waals surface area contributed by atoms with Crippen molar-refractivity contribution in [2.45, 2.75) is 0 Å². The van der Waals surface area contributed by atoms with E-state index >= 15 is 0 Å². The van der Waals surface area contributed by atoms with Crippen LogP contribution in [0, 0.1) is 0 Å². The van der Waals surface area contributed by atoms with Gasteiger partial charge in [-0.1, -0.05) is 113 Å². The Labute approximate surface area is 191 Å². The molecule has 2 heteroatoms. The van der Waals surface area contributed by atoms with Crippen LogP contribution in [0.1, 0.15) is 0 Å². The van der Waals surface area contributed by atoms with Gasteiger partial charge in [0.25, 0.3) is 0 Å². The Kier molecular flexibility index (Phi) is 5.47. The molecule has 0 fully saturated rings. The molecule has 31 heavy (non-hydrogen) atoms. The Morgan fingerprint density at radius 3 is 1.48 bits per heavy atom. The van der Waals surface area contributed by atoms with Crippen LogP contribution >= 0.6 is 15.9 Å². The van der Waals surface area contributed by atoms with Crippen molar-refractivity contribution in [2.75, 3.05) is 0 Å². The van der Waals surface area contributed by atoms with E-state index in [1.165, 1.54) is 16.7 Å². The van der Waals surface area contributed by atoms with Gasteiger partial charge in [0.05, 0.1) is 11.4 Å². The Balaban J connectivity index is 1.61. The maximum absolute atomic E-state index is 4.98. The average molecular weight is 462 g/mol. The topological polar surface area (TPSA) is 12.9 Å². The Bertz CT molecular complexity index is 1310. The number of halogens is 1. The molecule has 0 saturated heterocycles. The van der Waals surface area contributed by atoms with Crippen LogP contribution in [0.3, 0.4) is 0 Å². The fourth-order valence-electron chi connectivity index (χ4n) is 3.74. The van der Waals surface area contributed by atoms with Crippen LogP contribution in [0.25, 0.3) is 44.8 Å². The molecule has 0 atom stereocenters. The predicted molar refractivity (Wildman–Crippen MR) is 134 cm³/mol. The van der Waals surface area contributed by atoms with Crippen LogP contribution in [0.15, 0.2) is 126 Å². The maximum atomic E-state index is 4.98. The third-order valence-corrected chi connectivity index (χ3v) is 5.83. The van der Waals surface area contributed by atoms with Crippen molar-refractivity contribution in [1.29, 1.82) is 0 Å². The smallest absolute Gasteiger partial charge is 0.0716 e. The lowest BCUT2D eigenvalue weighted by Crippen LogP contribution is -1.91. The number of hydrogen-bond acceptors (Lipinski definition) is 1. The van der Waals surface area contributed by atoms with Crippen LogP contribution in [0.2, 0.25) is 0 Å². The highest BCUT2D eigenvalue weighted by Crippen LogP contribution is 2.32. The van der Waals surface area contributed by atoms with E-state index < -0.39 is 0 Å². The molecule has 1 nitrogen and oxygen atoms in total.